The molecule has 0 unspecified atom stereocenters. The second-order valence-electron chi connectivity index (χ2n) is 7.49. The van der Waals surface area contributed by atoms with Crippen molar-refractivity contribution in [2.75, 3.05) is 17.6 Å². The van der Waals surface area contributed by atoms with Crippen LogP contribution in [0.15, 0.2) is 41.0 Å². The van der Waals surface area contributed by atoms with Crippen molar-refractivity contribution >= 4 is 27.9 Å². The van der Waals surface area contributed by atoms with Crippen LogP contribution in [-0.2, 0) is 21.2 Å². The molecule has 1 aromatic heterocycles. The van der Waals surface area contributed by atoms with Gasteiger partial charge in [-0.3, -0.25) is 9.59 Å². The standard InChI is InChI=1S/C20H28N4O7S/c1-12(21-13(2)25)17(26)18(27)15(10-14-8-6-5-7-9-14)22-19(28)16-11-31-20(23-16)24(3)32(4,29)30/h5-9,11-12,15,17-18,26-27H,10H2,1-4H3,(H,21,25)(H,22,28)/t12-,15+,17-,18-/m1/s1. The molecule has 32 heavy (non-hydrogen) atoms. The molecule has 0 saturated heterocycles. The lowest BCUT2D eigenvalue weighted by Gasteiger charge is -2.31. The monoisotopic (exact) mass is 468 g/mol. The second-order valence-corrected chi connectivity index (χ2v) is 9.50. The number of aromatic nitrogens is 1. The van der Waals surface area contributed by atoms with E-state index < -0.39 is 40.2 Å². The fraction of sp³-hybridized carbons (Fsp3) is 0.450. The first kappa shape index (κ1) is 25.3. The number of sulfonamides is 1. The largest absolute Gasteiger partial charge is 0.430 e. The first-order valence-electron chi connectivity index (χ1n) is 9.77. The number of hydrogen-bond acceptors (Lipinski definition) is 8. The lowest BCUT2D eigenvalue weighted by molar-refractivity contribution is -0.121. The summed E-state index contributed by atoms with van der Waals surface area (Å²) in [6.07, 6.45) is -0.690. The van der Waals surface area contributed by atoms with E-state index in [9.17, 15) is 28.2 Å². The summed E-state index contributed by atoms with van der Waals surface area (Å²) in [5.41, 5.74) is 0.582. The smallest absolute Gasteiger partial charge is 0.311 e. The van der Waals surface area contributed by atoms with Gasteiger partial charge in [0.05, 0.1) is 18.3 Å². The minimum atomic E-state index is -3.64. The van der Waals surface area contributed by atoms with Gasteiger partial charge in [-0.15, -0.1) is 0 Å². The number of nitrogens with one attached hydrogen (secondary N) is 2. The van der Waals surface area contributed by atoms with Gasteiger partial charge in [0, 0.05) is 14.0 Å². The molecular formula is C20H28N4O7S. The van der Waals surface area contributed by atoms with Crippen molar-refractivity contribution in [3.8, 4) is 0 Å². The second kappa shape index (κ2) is 10.6. The average Bonchev–Trinajstić information content (AvgIpc) is 3.21. The van der Waals surface area contributed by atoms with E-state index in [1.165, 1.54) is 20.9 Å². The summed E-state index contributed by atoms with van der Waals surface area (Å²) in [6.45, 7) is 2.82. The molecule has 176 valence electrons. The van der Waals surface area contributed by atoms with Gasteiger partial charge in [-0.1, -0.05) is 30.3 Å². The summed E-state index contributed by atoms with van der Waals surface area (Å²) < 4.78 is 29.1. The van der Waals surface area contributed by atoms with Crippen LogP contribution in [0.25, 0.3) is 0 Å². The molecule has 11 nitrogen and oxygen atoms in total. The fourth-order valence-electron chi connectivity index (χ4n) is 2.96. The molecule has 12 heteroatoms. The van der Waals surface area contributed by atoms with Crippen molar-refractivity contribution in [2.24, 2.45) is 0 Å². The molecule has 2 aromatic rings. The van der Waals surface area contributed by atoms with Crippen LogP contribution in [0.3, 0.4) is 0 Å². The molecule has 0 aliphatic heterocycles. The zero-order valence-corrected chi connectivity index (χ0v) is 19.0. The molecule has 2 rings (SSSR count). The highest BCUT2D eigenvalue weighted by Crippen LogP contribution is 2.16. The SMILES string of the molecule is CC(=O)N[C@H](C)[C@@H](O)[C@H](O)[C@H](Cc1ccccc1)NC(=O)c1coc(N(C)S(C)(=O)=O)n1. The van der Waals surface area contributed by atoms with Crippen molar-refractivity contribution in [1.82, 2.24) is 15.6 Å². The minimum absolute atomic E-state index is 0.172. The predicted molar refractivity (Wildman–Crippen MR) is 116 cm³/mol. The minimum Gasteiger partial charge on any atom is -0.430 e. The summed E-state index contributed by atoms with van der Waals surface area (Å²) in [5.74, 6) is -1.11. The van der Waals surface area contributed by atoms with E-state index >= 15 is 0 Å². The molecule has 4 atom stereocenters. The van der Waals surface area contributed by atoms with Gasteiger partial charge in [-0.25, -0.2) is 12.7 Å². The number of aliphatic hydroxyl groups is 2. The average molecular weight is 469 g/mol. The van der Waals surface area contributed by atoms with Gasteiger partial charge < -0.3 is 25.3 Å². The van der Waals surface area contributed by atoms with E-state index in [-0.39, 0.29) is 24.0 Å². The van der Waals surface area contributed by atoms with E-state index in [0.717, 1.165) is 22.4 Å². The molecule has 1 aromatic carbocycles. The normalized spacial score (nSPS) is 15.3. The van der Waals surface area contributed by atoms with Crippen LogP contribution in [0, 0.1) is 0 Å². The number of carbonyl (C=O) groups is 2. The molecule has 0 bridgehead atoms. The summed E-state index contributed by atoms with van der Waals surface area (Å²) >= 11 is 0. The molecule has 1 heterocycles. The molecule has 0 aliphatic carbocycles. The van der Waals surface area contributed by atoms with Crippen molar-refractivity contribution in [2.45, 2.75) is 44.6 Å². The molecule has 0 saturated carbocycles. The van der Waals surface area contributed by atoms with E-state index in [4.69, 9.17) is 4.42 Å². The number of nitrogens with zero attached hydrogens (tertiary/aromatic N) is 2. The van der Waals surface area contributed by atoms with Crippen molar-refractivity contribution in [3.05, 3.63) is 47.9 Å². The zero-order chi connectivity index (χ0) is 24.1. The maximum atomic E-state index is 12.7. The first-order chi connectivity index (χ1) is 14.9. The van der Waals surface area contributed by atoms with Crippen LogP contribution in [0.2, 0.25) is 0 Å². The van der Waals surface area contributed by atoms with Crippen LogP contribution < -0.4 is 14.9 Å². The Morgan fingerprint density at radius 1 is 1.16 bits per heavy atom. The lowest BCUT2D eigenvalue weighted by Crippen LogP contribution is -2.55. The zero-order valence-electron chi connectivity index (χ0n) is 18.2. The quantitative estimate of drug-likeness (QED) is 0.368. The fourth-order valence-corrected chi connectivity index (χ4v) is 3.33. The number of carbonyl (C=O) groups excluding carboxylic acids is 2. The number of aliphatic hydroxyl groups excluding tert-OH is 2. The third-order valence-corrected chi connectivity index (χ3v) is 5.96. The van der Waals surface area contributed by atoms with E-state index in [2.05, 4.69) is 15.6 Å². The Kier molecular flexibility index (Phi) is 8.36. The van der Waals surface area contributed by atoms with Gasteiger partial charge in [0.15, 0.2) is 5.69 Å². The Balaban J connectivity index is 2.23. The molecule has 0 radical (unpaired) electrons. The van der Waals surface area contributed by atoms with Crippen molar-refractivity contribution < 1.29 is 32.6 Å². The summed E-state index contributed by atoms with van der Waals surface area (Å²) in [7, 11) is -2.41. The Labute approximate surface area is 186 Å². The molecular weight excluding hydrogens is 440 g/mol. The van der Waals surface area contributed by atoms with Gasteiger partial charge in [-0.05, 0) is 18.9 Å². The van der Waals surface area contributed by atoms with E-state index in [0.29, 0.717) is 0 Å². The van der Waals surface area contributed by atoms with Gasteiger partial charge in [0.1, 0.15) is 18.5 Å². The van der Waals surface area contributed by atoms with Gasteiger partial charge in [0.25, 0.3) is 5.91 Å². The predicted octanol–water partition coefficient (Wildman–Crippen LogP) is -0.342. The lowest BCUT2D eigenvalue weighted by atomic mass is 9.94. The Morgan fingerprint density at radius 3 is 2.34 bits per heavy atom. The summed E-state index contributed by atoms with van der Waals surface area (Å²) in [5, 5.41) is 26.4. The van der Waals surface area contributed by atoms with Crippen molar-refractivity contribution in [3.63, 3.8) is 0 Å². The van der Waals surface area contributed by atoms with E-state index in [1.54, 1.807) is 24.3 Å². The summed E-state index contributed by atoms with van der Waals surface area (Å²) in [6, 6.07) is 6.97. The van der Waals surface area contributed by atoms with Gasteiger partial charge in [-0.2, -0.15) is 4.98 Å². The molecule has 0 fully saturated rings. The third-order valence-electron chi connectivity index (χ3n) is 4.81. The Bertz CT molecular complexity index is 1030. The summed E-state index contributed by atoms with van der Waals surface area (Å²) in [4.78, 5) is 27.9. The Hall–Kier alpha value is -2.96. The Morgan fingerprint density at radius 2 is 1.78 bits per heavy atom. The number of anilines is 1. The van der Waals surface area contributed by atoms with Crippen LogP contribution in [-0.4, -0.2) is 73.0 Å². The molecule has 0 aliphatic rings. The molecule has 0 spiro atoms. The number of hydrogen-bond donors (Lipinski definition) is 4. The van der Waals surface area contributed by atoms with Crippen LogP contribution in [0.1, 0.15) is 29.9 Å². The molecule has 4 N–H and O–H groups in total. The van der Waals surface area contributed by atoms with Gasteiger partial charge in [0.2, 0.25) is 15.9 Å². The number of amides is 2. The first-order valence-corrected chi connectivity index (χ1v) is 11.6. The topological polar surface area (TPSA) is 162 Å². The number of oxazole rings is 1. The van der Waals surface area contributed by atoms with Crippen LogP contribution in [0.4, 0.5) is 6.01 Å². The van der Waals surface area contributed by atoms with Crippen LogP contribution >= 0.6 is 0 Å². The molecule has 2 amide bonds. The van der Waals surface area contributed by atoms with E-state index in [1.807, 2.05) is 6.07 Å². The van der Waals surface area contributed by atoms with Crippen LogP contribution in [0.5, 0.6) is 0 Å². The van der Waals surface area contributed by atoms with Gasteiger partial charge >= 0.3 is 6.01 Å². The highest BCUT2D eigenvalue weighted by molar-refractivity contribution is 7.92. The highest BCUT2D eigenvalue weighted by atomic mass is 32.2. The highest BCUT2D eigenvalue weighted by Gasteiger charge is 2.32. The number of benzene rings is 1. The van der Waals surface area contributed by atoms with Crippen molar-refractivity contribution in [1.29, 1.82) is 0 Å². The maximum Gasteiger partial charge on any atom is 0.311 e. The number of rotatable bonds is 10. The maximum absolute atomic E-state index is 12.7. The third kappa shape index (κ3) is 6.77.